The summed E-state index contributed by atoms with van der Waals surface area (Å²) in [7, 11) is 0. The summed E-state index contributed by atoms with van der Waals surface area (Å²) in [6.07, 6.45) is 3.60. The molecule has 0 aliphatic heterocycles. The van der Waals surface area contributed by atoms with E-state index in [0.717, 1.165) is 48.7 Å². The highest BCUT2D eigenvalue weighted by atomic mass is 32.2. The average Bonchev–Trinajstić information content (AvgIpc) is 2.55. The Balaban J connectivity index is 1.64. The fourth-order valence-corrected chi connectivity index (χ4v) is 3.21. The summed E-state index contributed by atoms with van der Waals surface area (Å²) in [6.45, 7) is 0. The predicted octanol–water partition coefficient (Wildman–Crippen LogP) is 2.52. The van der Waals surface area contributed by atoms with Gasteiger partial charge in [-0.2, -0.15) is 0 Å². The van der Waals surface area contributed by atoms with E-state index in [1.165, 1.54) is 12.1 Å². The van der Waals surface area contributed by atoms with E-state index in [1.807, 2.05) is 0 Å². The van der Waals surface area contributed by atoms with Crippen molar-refractivity contribution in [1.29, 1.82) is 0 Å². The minimum absolute atomic E-state index is 0.0516. The molecule has 120 valence electrons. The Morgan fingerprint density at radius 2 is 2.09 bits per heavy atom. The molecular weight excluding hydrogens is 317 g/mol. The lowest BCUT2D eigenvalue weighted by Gasteiger charge is -2.14. The van der Waals surface area contributed by atoms with Crippen molar-refractivity contribution in [3.05, 3.63) is 51.7 Å². The van der Waals surface area contributed by atoms with Gasteiger partial charge < -0.3 is 10.3 Å². The Labute approximate surface area is 136 Å². The number of halogens is 1. The molecule has 1 amide bonds. The highest BCUT2D eigenvalue weighted by Gasteiger charge is 2.16. The lowest BCUT2D eigenvalue weighted by molar-refractivity contribution is -0.113. The van der Waals surface area contributed by atoms with Crippen LogP contribution in [-0.4, -0.2) is 21.6 Å². The van der Waals surface area contributed by atoms with Crippen LogP contribution in [0.15, 0.2) is 34.2 Å². The van der Waals surface area contributed by atoms with E-state index in [0.29, 0.717) is 5.16 Å². The highest BCUT2D eigenvalue weighted by molar-refractivity contribution is 7.99. The first-order valence-electron chi connectivity index (χ1n) is 7.43. The predicted molar refractivity (Wildman–Crippen MR) is 87.3 cm³/mol. The zero-order valence-corrected chi connectivity index (χ0v) is 13.2. The lowest BCUT2D eigenvalue weighted by Crippen LogP contribution is -2.22. The second kappa shape index (κ2) is 6.95. The van der Waals surface area contributed by atoms with Crippen LogP contribution >= 0.6 is 11.8 Å². The molecule has 0 fully saturated rings. The van der Waals surface area contributed by atoms with Gasteiger partial charge in [0.2, 0.25) is 5.91 Å². The van der Waals surface area contributed by atoms with Gasteiger partial charge in [0.1, 0.15) is 5.82 Å². The van der Waals surface area contributed by atoms with Crippen LogP contribution < -0.4 is 10.9 Å². The van der Waals surface area contributed by atoms with Crippen molar-refractivity contribution >= 4 is 23.4 Å². The molecule has 0 atom stereocenters. The number of fused-ring (bicyclic) bond motifs is 1. The number of carbonyl (C=O) groups is 1. The van der Waals surface area contributed by atoms with Crippen LogP contribution in [0, 0.1) is 5.82 Å². The molecule has 0 bridgehead atoms. The number of aryl methyl sites for hydroxylation is 1. The van der Waals surface area contributed by atoms with E-state index in [1.54, 1.807) is 12.1 Å². The Morgan fingerprint density at radius 3 is 2.91 bits per heavy atom. The van der Waals surface area contributed by atoms with E-state index >= 15 is 0 Å². The maximum absolute atomic E-state index is 13.5. The molecule has 1 aromatic heterocycles. The molecule has 0 saturated carbocycles. The summed E-state index contributed by atoms with van der Waals surface area (Å²) in [5.41, 5.74) is 1.62. The van der Waals surface area contributed by atoms with Crippen LogP contribution in [0.1, 0.15) is 24.1 Å². The number of H-pyrrole nitrogens is 1. The third-order valence-electron chi connectivity index (χ3n) is 3.66. The Morgan fingerprint density at radius 1 is 1.30 bits per heavy atom. The minimum Gasteiger partial charge on any atom is -0.323 e. The Bertz CT molecular complexity index is 791. The smallest absolute Gasteiger partial charge is 0.254 e. The summed E-state index contributed by atoms with van der Waals surface area (Å²) in [5.74, 6) is -0.776. The molecule has 1 aromatic carbocycles. The molecule has 7 heteroatoms. The topological polar surface area (TPSA) is 74.8 Å². The van der Waals surface area contributed by atoms with Gasteiger partial charge in [-0.15, -0.1) is 0 Å². The number of benzene rings is 1. The second-order valence-corrected chi connectivity index (χ2v) is 6.28. The molecule has 3 rings (SSSR count). The van der Waals surface area contributed by atoms with Crippen molar-refractivity contribution in [1.82, 2.24) is 9.97 Å². The second-order valence-electron chi connectivity index (χ2n) is 5.32. The summed E-state index contributed by atoms with van der Waals surface area (Å²) in [4.78, 5) is 31.0. The number of hydrogen-bond donors (Lipinski definition) is 2. The van der Waals surface area contributed by atoms with Gasteiger partial charge in [-0.3, -0.25) is 9.59 Å². The van der Waals surface area contributed by atoms with Crippen molar-refractivity contribution in [2.24, 2.45) is 0 Å². The zero-order chi connectivity index (χ0) is 16.2. The van der Waals surface area contributed by atoms with Gasteiger partial charge in [-0.1, -0.05) is 23.9 Å². The number of thioether (sulfide) groups is 1. The molecule has 2 N–H and O–H groups in total. The van der Waals surface area contributed by atoms with Crippen LogP contribution in [0.2, 0.25) is 0 Å². The molecule has 2 aromatic rings. The number of aromatic amines is 1. The number of nitrogens with zero attached hydrogens (tertiary/aromatic N) is 1. The number of rotatable bonds is 4. The fourth-order valence-electron chi connectivity index (χ4n) is 2.53. The fraction of sp³-hybridized carbons (Fsp3) is 0.312. The largest absolute Gasteiger partial charge is 0.323 e. The van der Waals surface area contributed by atoms with Crippen molar-refractivity contribution in [2.75, 3.05) is 11.1 Å². The van der Waals surface area contributed by atoms with Gasteiger partial charge in [0.15, 0.2) is 5.16 Å². The number of nitrogens with one attached hydrogen (secondary N) is 2. The molecule has 1 heterocycles. The van der Waals surface area contributed by atoms with Crippen molar-refractivity contribution < 1.29 is 9.18 Å². The van der Waals surface area contributed by atoms with E-state index in [2.05, 4.69) is 15.3 Å². The molecule has 0 unspecified atom stereocenters. The molecule has 0 spiro atoms. The van der Waals surface area contributed by atoms with Crippen molar-refractivity contribution in [2.45, 2.75) is 30.8 Å². The number of anilines is 1. The van der Waals surface area contributed by atoms with Crippen LogP contribution in [0.5, 0.6) is 0 Å². The van der Waals surface area contributed by atoms with E-state index in [9.17, 15) is 14.0 Å². The van der Waals surface area contributed by atoms with E-state index in [4.69, 9.17) is 0 Å². The molecule has 0 radical (unpaired) electrons. The van der Waals surface area contributed by atoms with Crippen molar-refractivity contribution in [3.8, 4) is 0 Å². The van der Waals surface area contributed by atoms with Crippen molar-refractivity contribution in [3.63, 3.8) is 0 Å². The average molecular weight is 333 g/mol. The van der Waals surface area contributed by atoms with Crippen LogP contribution in [-0.2, 0) is 17.6 Å². The van der Waals surface area contributed by atoms with Crippen LogP contribution in [0.4, 0.5) is 10.1 Å². The van der Waals surface area contributed by atoms with Gasteiger partial charge in [0, 0.05) is 5.56 Å². The first-order chi connectivity index (χ1) is 11.1. The maximum Gasteiger partial charge on any atom is 0.254 e. The summed E-state index contributed by atoms with van der Waals surface area (Å²) < 4.78 is 13.5. The summed E-state index contributed by atoms with van der Waals surface area (Å²) in [5, 5.41) is 2.93. The van der Waals surface area contributed by atoms with Gasteiger partial charge >= 0.3 is 0 Å². The molecule has 1 aliphatic carbocycles. The molecule has 5 nitrogen and oxygen atoms in total. The number of aromatic nitrogens is 2. The minimum atomic E-state index is -0.480. The van der Waals surface area contributed by atoms with E-state index < -0.39 is 5.82 Å². The third-order valence-corrected chi connectivity index (χ3v) is 4.53. The summed E-state index contributed by atoms with van der Waals surface area (Å²) in [6, 6.07) is 5.98. The van der Waals surface area contributed by atoms with Gasteiger partial charge in [-0.05, 0) is 37.8 Å². The third kappa shape index (κ3) is 3.79. The normalized spacial score (nSPS) is 13.4. The maximum atomic E-state index is 13.5. The lowest BCUT2D eigenvalue weighted by atomic mass is 9.97. The molecule has 0 saturated heterocycles. The number of amides is 1. The number of hydrogen-bond acceptors (Lipinski definition) is 4. The highest BCUT2D eigenvalue weighted by Crippen LogP contribution is 2.20. The molecule has 1 aliphatic rings. The van der Waals surface area contributed by atoms with Gasteiger partial charge in [0.05, 0.1) is 17.1 Å². The van der Waals surface area contributed by atoms with E-state index in [-0.39, 0.29) is 22.9 Å². The van der Waals surface area contributed by atoms with Gasteiger partial charge in [0.25, 0.3) is 5.56 Å². The van der Waals surface area contributed by atoms with Crippen LogP contribution in [0.3, 0.4) is 0 Å². The van der Waals surface area contributed by atoms with Gasteiger partial charge in [-0.25, -0.2) is 9.37 Å². The zero-order valence-electron chi connectivity index (χ0n) is 12.4. The number of carbonyl (C=O) groups excluding carboxylic acids is 1. The monoisotopic (exact) mass is 333 g/mol. The standard InChI is InChI=1S/C16H16FN3O2S/c17-11-6-2-4-8-13(11)18-14(21)9-23-16-19-12-7-3-1-5-10(12)15(22)20-16/h2,4,6,8H,1,3,5,7,9H2,(H,18,21)(H,19,20,22). The van der Waals surface area contributed by atoms with Crippen LogP contribution in [0.25, 0.3) is 0 Å². The SMILES string of the molecule is O=C(CSc1nc2c(c(=O)[nH]1)CCCC2)Nc1ccccc1F. The first kappa shape index (κ1) is 15.7. The number of para-hydroxylation sites is 1. The first-order valence-corrected chi connectivity index (χ1v) is 8.41. The Kier molecular flexibility index (Phi) is 4.76. The Hall–Kier alpha value is -2.15. The molecule has 23 heavy (non-hydrogen) atoms. The quantitative estimate of drug-likeness (QED) is 0.666. The molecular formula is C16H16FN3O2S. The summed E-state index contributed by atoms with van der Waals surface area (Å²) >= 11 is 1.14.